The van der Waals surface area contributed by atoms with Gasteiger partial charge in [0.1, 0.15) is 0 Å². The molecule has 0 aromatic heterocycles. The highest BCUT2D eigenvalue weighted by atomic mass is 33.1. The Kier molecular flexibility index (Phi) is 2.04. The van der Waals surface area contributed by atoms with Crippen molar-refractivity contribution in [1.29, 1.82) is 0 Å². The third-order valence-electron chi connectivity index (χ3n) is 3.15. The third-order valence-corrected chi connectivity index (χ3v) is 5.15. The summed E-state index contributed by atoms with van der Waals surface area (Å²) in [6.07, 6.45) is 0. The van der Waals surface area contributed by atoms with Gasteiger partial charge in [0.05, 0.1) is 10.6 Å². The van der Waals surface area contributed by atoms with Gasteiger partial charge in [-0.25, -0.2) is 0 Å². The number of benzene rings is 3. The van der Waals surface area contributed by atoms with E-state index in [1.54, 1.807) is 11.0 Å². The lowest BCUT2D eigenvalue weighted by Crippen LogP contribution is -1.82. The van der Waals surface area contributed by atoms with Gasteiger partial charge < -0.3 is 4.72 Å². The van der Waals surface area contributed by atoms with Gasteiger partial charge in [0, 0.05) is 11.0 Å². The molecule has 82 valence electrons. The molecular weight excluding hydrogens is 246 g/mol. The van der Waals surface area contributed by atoms with E-state index in [1.165, 1.54) is 32.1 Å². The van der Waals surface area contributed by atoms with E-state index < -0.39 is 0 Å². The number of hydrogen-bond donors (Lipinski definition) is 1. The summed E-state index contributed by atoms with van der Waals surface area (Å²) in [5.74, 6) is 0. The van der Waals surface area contributed by atoms with Crippen LogP contribution in [-0.2, 0) is 0 Å². The molecule has 1 aliphatic rings. The number of anilines is 1. The van der Waals surface area contributed by atoms with Gasteiger partial charge in [-0.1, -0.05) is 42.5 Å². The van der Waals surface area contributed by atoms with Gasteiger partial charge >= 0.3 is 0 Å². The first-order chi connectivity index (χ1) is 8.43. The highest BCUT2D eigenvalue weighted by Gasteiger charge is 2.15. The zero-order chi connectivity index (χ0) is 11.2. The maximum absolute atomic E-state index is 3.32. The molecule has 0 amide bonds. The van der Waals surface area contributed by atoms with E-state index in [4.69, 9.17) is 0 Å². The highest BCUT2D eigenvalue weighted by Crippen LogP contribution is 2.48. The summed E-state index contributed by atoms with van der Waals surface area (Å²) in [4.78, 5) is 1.36. The molecule has 0 bridgehead atoms. The smallest absolute Gasteiger partial charge is 0.0600 e. The predicted molar refractivity (Wildman–Crippen MR) is 78.5 cm³/mol. The second kappa shape index (κ2) is 3.59. The summed E-state index contributed by atoms with van der Waals surface area (Å²) in [6, 6.07) is 17.4. The number of nitrogens with one attached hydrogen (secondary N) is 1. The number of rotatable bonds is 0. The quantitative estimate of drug-likeness (QED) is 0.342. The molecule has 0 spiro atoms. The summed E-state index contributed by atoms with van der Waals surface area (Å²) in [7, 11) is 3.50. The maximum atomic E-state index is 3.32. The SMILES string of the molecule is c1ccc2c(c1)ccc1c3c(ccc12)NSS3. The molecule has 0 saturated heterocycles. The van der Waals surface area contributed by atoms with E-state index in [9.17, 15) is 0 Å². The summed E-state index contributed by atoms with van der Waals surface area (Å²) < 4.78 is 3.32. The van der Waals surface area contributed by atoms with Crippen LogP contribution in [0, 0.1) is 0 Å². The lowest BCUT2D eigenvalue weighted by molar-refractivity contribution is 1.57. The van der Waals surface area contributed by atoms with E-state index in [-0.39, 0.29) is 0 Å². The molecule has 1 nitrogen and oxygen atoms in total. The van der Waals surface area contributed by atoms with Gasteiger partial charge in [0.2, 0.25) is 0 Å². The van der Waals surface area contributed by atoms with Crippen LogP contribution >= 0.6 is 21.8 Å². The van der Waals surface area contributed by atoms with Crippen LogP contribution in [0.1, 0.15) is 0 Å². The second-order valence-corrected chi connectivity index (χ2v) is 6.04. The zero-order valence-electron chi connectivity index (χ0n) is 8.94. The Morgan fingerprint density at radius 3 is 2.65 bits per heavy atom. The molecule has 0 unspecified atom stereocenters. The normalized spacial score (nSPS) is 13.9. The molecule has 3 aromatic carbocycles. The molecule has 3 aromatic rings. The van der Waals surface area contributed by atoms with Crippen molar-refractivity contribution in [3.63, 3.8) is 0 Å². The van der Waals surface area contributed by atoms with Crippen LogP contribution < -0.4 is 4.72 Å². The summed E-state index contributed by atoms with van der Waals surface area (Å²) in [6.45, 7) is 0. The Morgan fingerprint density at radius 1 is 0.765 bits per heavy atom. The minimum absolute atomic E-state index is 1.24. The molecule has 0 fully saturated rings. The van der Waals surface area contributed by atoms with E-state index in [1.807, 2.05) is 10.8 Å². The van der Waals surface area contributed by atoms with Crippen molar-refractivity contribution in [2.75, 3.05) is 4.72 Å². The monoisotopic (exact) mass is 255 g/mol. The van der Waals surface area contributed by atoms with Crippen LogP contribution in [0.4, 0.5) is 5.69 Å². The van der Waals surface area contributed by atoms with Crippen LogP contribution in [0.25, 0.3) is 21.5 Å². The van der Waals surface area contributed by atoms with Gasteiger partial charge in [-0.2, -0.15) is 0 Å². The van der Waals surface area contributed by atoms with Gasteiger partial charge in [-0.05, 0) is 38.4 Å². The van der Waals surface area contributed by atoms with Crippen molar-refractivity contribution >= 4 is 49.0 Å². The van der Waals surface area contributed by atoms with Gasteiger partial charge in [0.25, 0.3) is 0 Å². The Hall–Kier alpha value is -1.32. The van der Waals surface area contributed by atoms with Crippen LogP contribution in [0.5, 0.6) is 0 Å². The standard InChI is InChI=1S/C14H9NS2/c1-2-4-10-9(3-1)5-6-12-11(10)7-8-13-14(12)16-17-15-13/h1-8,15H. The van der Waals surface area contributed by atoms with Crippen molar-refractivity contribution in [1.82, 2.24) is 0 Å². The molecule has 17 heavy (non-hydrogen) atoms. The minimum atomic E-state index is 1.24. The third kappa shape index (κ3) is 1.36. The highest BCUT2D eigenvalue weighted by molar-refractivity contribution is 8.77. The molecule has 0 aliphatic carbocycles. The lowest BCUT2D eigenvalue weighted by atomic mass is 10.0. The Bertz CT molecular complexity index is 737. The van der Waals surface area contributed by atoms with Crippen molar-refractivity contribution in [3.05, 3.63) is 48.5 Å². The van der Waals surface area contributed by atoms with Crippen LogP contribution in [0.15, 0.2) is 53.4 Å². The summed E-state index contributed by atoms with van der Waals surface area (Å²) >= 11 is 0. The molecule has 1 heterocycles. The first-order valence-electron chi connectivity index (χ1n) is 5.47. The number of fused-ring (bicyclic) bond motifs is 5. The van der Waals surface area contributed by atoms with E-state index in [2.05, 4.69) is 53.3 Å². The Morgan fingerprint density at radius 2 is 1.65 bits per heavy atom. The van der Waals surface area contributed by atoms with Gasteiger partial charge in [-0.3, -0.25) is 0 Å². The maximum Gasteiger partial charge on any atom is 0.0600 e. The van der Waals surface area contributed by atoms with Crippen molar-refractivity contribution in [2.45, 2.75) is 4.90 Å². The Balaban J connectivity index is 2.22. The molecule has 0 saturated carbocycles. The number of hydrogen-bond acceptors (Lipinski definition) is 3. The van der Waals surface area contributed by atoms with Gasteiger partial charge in [-0.15, -0.1) is 0 Å². The first kappa shape index (κ1) is 9.68. The van der Waals surface area contributed by atoms with Crippen molar-refractivity contribution in [3.8, 4) is 0 Å². The predicted octanol–water partition coefficient (Wildman–Crippen LogP) is 5.07. The van der Waals surface area contributed by atoms with E-state index >= 15 is 0 Å². The topological polar surface area (TPSA) is 12.0 Å². The van der Waals surface area contributed by atoms with Gasteiger partial charge in [0.15, 0.2) is 0 Å². The molecular formula is C14H9NS2. The molecule has 0 radical (unpaired) electrons. The second-order valence-electron chi connectivity index (χ2n) is 4.09. The average molecular weight is 255 g/mol. The Labute approximate surface area is 107 Å². The van der Waals surface area contributed by atoms with E-state index in [0.717, 1.165) is 0 Å². The fourth-order valence-electron chi connectivity index (χ4n) is 2.34. The van der Waals surface area contributed by atoms with Crippen LogP contribution in [0.3, 0.4) is 0 Å². The molecule has 3 heteroatoms. The van der Waals surface area contributed by atoms with Crippen molar-refractivity contribution in [2.24, 2.45) is 0 Å². The first-order valence-corrected chi connectivity index (χ1v) is 7.62. The summed E-state index contributed by atoms with van der Waals surface area (Å²) in [5, 5.41) is 5.34. The average Bonchev–Trinajstić information content (AvgIpc) is 2.86. The fraction of sp³-hybridized carbons (Fsp3) is 0. The molecule has 1 aliphatic heterocycles. The largest absolute Gasteiger partial charge is 0.319 e. The lowest BCUT2D eigenvalue weighted by Gasteiger charge is -2.06. The van der Waals surface area contributed by atoms with Crippen molar-refractivity contribution < 1.29 is 0 Å². The minimum Gasteiger partial charge on any atom is -0.319 e. The van der Waals surface area contributed by atoms with Crippen LogP contribution in [-0.4, -0.2) is 0 Å². The fourth-order valence-corrected chi connectivity index (χ4v) is 4.45. The van der Waals surface area contributed by atoms with E-state index in [0.29, 0.717) is 0 Å². The molecule has 4 rings (SSSR count). The van der Waals surface area contributed by atoms with Crippen LogP contribution in [0.2, 0.25) is 0 Å². The molecule has 1 N–H and O–H groups in total. The molecule has 0 atom stereocenters. The zero-order valence-corrected chi connectivity index (χ0v) is 10.6. The summed E-state index contributed by atoms with van der Waals surface area (Å²) in [5.41, 5.74) is 1.24.